The number of hydrogen-bond acceptors (Lipinski definition) is 4. The maximum atomic E-state index is 10.5. The van der Waals surface area contributed by atoms with Crippen LogP contribution in [0.15, 0.2) is 36.7 Å². The van der Waals surface area contributed by atoms with Crippen LogP contribution in [0.3, 0.4) is 0 Å². The van der Waals surface area contributed by atoms with Gasteiger partial charge in [-0.05, 0) is 18.9 Å². The van der Waals surface area contributed by atoms with E-state index in [2.05, 4.69) is 5.10 Å². The quantitative estimate of drug-likeness (QED) is 0.660. The summed E-state index contributed by atoms with van der Waals surface area (Å²) in [6.07, 6.45) is 3.66. The molecule has 2 aromatic rings. The second-order valence-corrected chi connectivity index (χ2v) is 4.39. The van der Waals surface area contributed by atoms with Gasteiger partial charge in [-0.3, -0.25) is 14.8 Å². The van der Waals surface area contributed by atoms with Crippen molar-refractivity contribution in [2.24, 2.45) is 0 Å². The summed E-state index contributed by atoms with van der Waals surface area (Å²) in [6, 6.07) is 6.49. The SMILES string of the molecule is CC(O)c1cnn(CCc2ccc([N+](=O)[O-])cc2)c1. The van der Waals surface area contributed by atoms with Crippen LogP contribution in [0.4, 0.5) is 5.69 Å². The Morgan fingerprint density at radius 3 is 2.63 bits per heavy atom. The van der Waals surface area contributed by atoms with Crippen LogP contribution in [-0.2, 0) is 13.0 Å². The van der Waals surface area contributed by atoms with Gasteiger partial charge in [-0.1, -0.05) is 12.1 Å². The Kier molecular flexibility index (Phi) is 3.91. The van der Waals surface area contributed by atoms with Crippen molar-refractivity contribution in [3.63, 3.8) is 0 Å². The predicted octanol–water partition coefficient (Wildman–Crippen LogP) is 2.09. The fraction of sp³-hybridized carbons (Fsp3) is 0.308. The molecule has 0 fully saturated rings. The van der Waals surface area contributed by atoms with Crippen LogP contribution in [0.25, 0.3) is 0 Å². The fourth-order valence-corrected chi connectivity index (χ4v) is 1.75. The molecule has 1 aromatic carbocycles. The maximum absolute atomic E-state index is 10.5. The summed E-state index contributed by atoms with van der Waals surface area (Å²) in [7, 11) is 0. The van der Waals surface area contributed by atoms with Crippen LogP contribution >= 0.6 is 0 Å². The first-order valence-corrected chi connectivity index (χ1v) is 6.00. The van der Waals surface area contributed by atoms with Gasteiger partial charge in [0.05, 0.1) is 17.2 Å². The second kappa shape index (κ2) is 5.62. The Morgan fingerprint density at radius 1 is 1.42 bits per heavy atom. The van der Waals surface area contributed by atoms with Gasteiger partial charge in [0, 0.05) is 30.4 Å². The number of hydrogen-bond donors (Lipinski definition) is 1. The minimum Gasteiger partial charge on any atom is -0.389 e. The maximum Gasteiger partial charge on any atom is 0.269 e. The third-order valence-corrected chi connectivity index (χ3v) is 2.91. The first kappa shape index (κ1) is 13.2. The minimum absolute atomic E-state index is 0.0965. The molecule has 0 saturated carbocycles. The van der Waals surface area contributed by atoms with Gasteiger partial charge in [-0.2, -0.15) is 5.10 Å². The zero-order valence-electron chi connectivity index (χ0n) is 10.6. The van der Waals surface area contributed by atoms with Crippen molar-refractivity contribution in [1.29, 1.82) is 0 Å². The van der Waals surface area contributed by atoms with Gasteiger partial charge < -0.3 is 5.11 Å². The average Bonchev–Trinajstić information content (AvgIpc) is 2.86. The molecule has 0 spiro atoms. The molecule has 19 heavy (non-hydrogen) atoms. The number of rotatable bonds is 5. The Morgan fingerprint density at radius 2 is 2.11 bits per heavy atom. The lowest BCUT2D eigenvalue weighted by Crippen LogP contribution is -2.01. The molecular formula is C13H15N3O3. The smallest absolute Gasteiger partial charge is 0.269 e. The highest BCUT2D eigenvalue weighted by Crippen LogP contribution is 2.13. The van der Waals surface area contributed by atoms with Crippen LogP contribution in [0, 0.1) is 10.1 Å². The van der Waals surface area contributed by atoms with Crippen molar-refractivity contribution in [2.45, 2.75) is 26.0 Å². The van der Waals surface area contributed by atoms with Crippen molar-refractivity contribution in [3.05, 3.63) is 57.9 Å². The van der Waals surface area contributed by atoms with Gasteiger partial charge in [-0.15, -0.1) is 0 Å². The van der Waals surface area contributed by atoms with E-state index in [0.29, 0.717) is 6.54 Å². The molecule has 6 nitrogen and oxygen atoms in total. The first-order chi connectivity index (χ1) is 9.06. The molecule has 1 heterocycles. The summed E-state index contributed by atoms with van der Waals surface area (Å²) in [5, 5.41) is 24.1. The molecule has 0 saturated heterocycles. The highest BCUT2D eigenvalue weighted by molar-refractivity contribution is 5.32. The molecule has 1 aromatic heterocycles. The monoisotopic (exact) mass is 261 g/mol. The molecule has 0 bridgehead atoms. The molecule has 100 valence electrons. The molecule has 1 unspecified atom stereocenters. The zero-order chi connectivity index (χ0) is 13.8. The Balaban J connectivity index is 1.96. The van der Waals surface area contributed by atoms with Crippen LogP contribution in [-0.4, -0.2) is 19.8 Å². The summed E-state index contributed by atoms with van der Waals surface area (Å²) in [6.45, 7) is 2.36. The third kappa shape index (κ3) is 3.38. The summed E-state index contributed by atoms with van der Waals surface area (Å²) < 4.78 is 1.75. The standard InChI is InChI=1S/C13H15N3O3/c1-10(17)12-8-14-15(9-12)7-6-11-2-4-13(5-3-11)16(18)19/h2-5,8-10,17H,6-7H2,1H3. The first-order valence-electron chi connectivity index (χ1n) is 6.00. The fourth-order valence-electron chi connectivity index (χ4n) is 1.75. The van der Waals surface area contributed by atoms with E-state index in [1.54, 1.807) is 36.1 Å². The summed E-state index contributed by atoms with van der Waals surface area (Å²) in [5.74, 6) is 0. The van der Waals surface area contributed by atoms with E-state index in [4.69, 9.17) is 0 Å². The molecule has 0 amide bonds. The van der Waals surface area contributed by atoms with Crippen LogP contribution in [0.2, 0.25) is 0 Å². The number of aliphatic hydroxyl groups is 1. The number of nitrogens with zero attached hydrogens (tertiary/aromatic N) is 3. The number of nitro benzene ring substituents is 1. The average molecular weight is 261 g/mol. The highest BCUT2D eigenvalue weighted by atomic mass is 16.6. The molecule has 2 rings (SSSR count). The van der Waals surface area contributed by atoms with Crippen molar-refractivity contribution >= 4 is 5.69 Å². The van der Waals surface area contributed by atoms with E-state index in [1.807, 2.05) is 0 Å². The van der Waals surface area contributed by atoms with E-state index in [1.165, 1.54) is 12.1 Å². The lowest BCUT2D eigenvalue weighted by Gasteiger charge is -2.02. The summed E-state index contributed by atoms with van der Waals surface area (Å²) in [5.41, 5.74) is 1.89. The Labute approximate surface area is 110 Å². The number of non-ortho nitro benzene ring substituents is 1. The topological polar surface area (TPSA) is 81.2 Å². The van der Waals surface area contributed by atoms with E-state index in [-0.39, 0.29) is 5.69 Å². The van der Waals surface area contributed by atoms with E-state index < -0.39 is 11.0 Å². The number of nitro groups is 1. The van der Waals surface area contributed by atoms with Crippen LogP contribution in [0.5, 0.6) is 0 Å². The van der Waals surface area contributed by atoms with Gasteiger partial charge in [-0.25, -0.2) is 0 Å². The van der Waals surface area contributed by atoms with E-state index >= 15 is 0 Å². The van der Waals surface area contributed by atoms with Crippen molar-refractivity contribution in [1.82, 2.24) is 9.78 Å². The van der Waals surface area contributed by atoms with Crippen molar-refractivity contribution in [3.8, 4) is 0 Å². The third-order valence-electron chi connectivity index (χ3n) is 2.91. The lowest BCUT2D eigenvalue weighted by molar-refractivity contribution is -0.384. The number of aliphatic hydroxyl groups excluding tert-OH is 1. The summed E-state index contributed by atoms with van der Waals surface area (Å²) >= 11 is 0. The Bertz CT molecular complexity index is 561. The van der Waals surface area contributed by atoms with Gasteiger partial charge in [0.25, 0.3) is 5.69 Å². The second-order valence-electron chi connectivity index (χ2n) is 4.39. The molecule has 0 aliphatic rings. The van der Waals surface area contributed by atoms with E-state index in [0.717, 1.165) is 17.5 Å². The molecule has 0 aliphatic carbocycles. The molecular weight excluding hydrogens is 246 g/mol. The zero-order valence-corrected chi connectivity index (χ0v) is 10.6. The predicted molar refractivity (Wildman–Crippen MR) is 69.7 cm³/mol. The largest absolute Gasteiger partial charge is 0.389 e. The van der Waals surface area contributed by atoms with Gasteiger partial charge in [0.2, 0.25) is 0 Å². The molecule has 1 N–H and O–H groups in total. The molecule has 1 atom stereocenters. The van der Waals surface area contributed by atoms with Crippen molar-refractivity contribution in [2.75, 3.05) is 0 Å². The molecule has 0 aliphatic heterocycles. The van der Waals surface area contributed by atoms with Gasteiger partial charge >= 0.3 is 0 Å². The number of aromatic nitrogens is 2. The normalized spacial score (nSPS) is 12.3. The van der Waals surface area contributed by atoms with Crippen LogP contribution < -0.4 is 0 Å². The van der Waals surface area contributed by atoms with Gasteiger partial charge in [0.15, 0.2) is 0 Å². The highest BCUT2D eigenvalue weighted by Gasteiger charge is 2.06. The summed E-state index contributed by atoms with van der Waals surface area (Å²) in [4.78, 5) is 10.1. The van der Waals surface area contributed by atoms with Crippen LogP contribution in [0.1, 0.15) is 24.2 Å². The van der Waals surface area contributed by atoms with Gasteiger partial charge in [0.1, 0.15) is 0 Å². The lowest BCUT2D eigenvalue weighted by atomic mass is 10.1. The molecule has 0 radical (unpaired) electrons. The minimum atomic E-state index is -0.520. The number of aryl methyl sites for hydroxylation is 2. The Hall–Kier alpha value is -2.21. The van der Waals surface area contributed by atoms with E-state index in [9.17, 15) is 15.2 Å². The van der Waals surface area contributed by atoms with Crippen molar-refractivity contribution < 1.29 is 10.0 Å². The molecule has 6 heteroatoms. The number of benzene rings is 1.